The first-order valence-electron chi connectivity index (χ1n) is 5.40. The maximum atomic E-state index is 11.6. The Bertz CT molecular complexity index is 753. The molecule has 0 saturated carbocycles. The van der Waals surface area contributed by atoms with Gasteiger partial charge in [-0.25, -0.2) is 13.4 Å². The van der Waals surface area contributed by atoms with Gasteiger partial charge in [0.15, 0.2) is 9.84 Å². The molecule has 0 fully saturated rings. The minimum Gasteiger partial charge on any atom is -0.330 e. The predicted octanol–water partition coefficient (Wildman–Crippen LogP) is 1.55. The molecule has 94 valence electrons. The molecule has 2 aromatic rings. The van der Waals surface area contributed by atoms with Crippen molar-refractivity contribution in [1.29, 1.82) is 5.26 Å². The van der Waals surface area contributed by atoms with Crippen LogP contribution in [0, 0.1) is 11.3 Å². The van der Waals surface area contributed by atoms with Crippen molar-refractivity contribution in [2.24, 2.45) is 7.05 Å². The molecule has 6 heteroatoms. The molecule has 2 rings (SSSR count). The second-order valence-electron chi connectivity index (χ2n) is 4.32. The summed E-state index contributed by atoms with van der Waals surface area (Å²) in [5.74, 6) is 0.489. The molecule has 0 amide bonds. The first-order valence-corrected chi connectivity index (χ1v) is 7.35. The lowest BCUT2D eigenvalue weighted by Gasteiger charge is -2.08. The number of aryl methyl sites for hydroxylation is 1. The third-order valence-corrected chi connectivity index (χ3v) is 4.55. The van der Waals surface area contributed by atoms with Crippen molar-refractivity contribution in [3.63, 3.8) is 0 Å². The van der Waals surface area contributed by atoms with Crippen LogP contribution in [-0.2, 0) is 16.9 Å². The van der Waals surface area contributed by atoms with E-state index in [9.17, 15) is 8.42 Å². The van der Waals surface area contributed by atoms with E-state index in [1.165, 1.54) is 6.26 Å². The van der Waals surface area contributed by atoms with Gasteiger partial charge in [-0.2, -0.15) is 5.26 Å². The highest BCUT2D eigenvalue weighted by Crippen LogP contribution is 2.24. The molecule has 0 N–H and O–H groups in total. The number of imidazole rings is 1. The van der Waals surface area contributed by atoms with Gasteiger partial charge in [0.2, 0.25) is 0 Å². The lowest BCUT2D eigenvalue weighted by molar-refractivity contribution is 0.587. The Morgan fingerprint density at radius 1 is 1.44 bits per heavy atom. The third kappa shape index (κ3) is 1.97. The van der Waals surface area contributed by atoms with Crippen molar-refractivity contribution >= 4 is 20.9 Å². The van der Waals surface area contributed by atoms with Crippen molar-refractivity contribution in [3.05, 3.63) is 29.6 Å². The lowest BCUT2D eigenvalue weighted by atomic mass is 10.2. The Hall–Kier alpha value is -1.87. The quantitative estimate of drug-likeness (QED) is 0.823. The Morgan fingerprint density at radius 2 is 2.11 bits per heavy atom. The minimum atomic E-state index is -3.19. The van der Waals surface area contributed by atoms with Gasteiger partial charge in [-0.15, -0.1) is 0 Å². The Labute approximate surface area is 106 Å². The van der Waals surface area contributed by atoms with Gasteiger partial charge in [-0.05, 0) is 25.1 Å². The largest absolute Gasteiger partial charge is 0.330 e. The average molecular weight is 263 g/mol. The molecule has 1 atom stereocenters. The smallest absolute Gasteiger partial charge is 0.157 e. The molecule has 0 spiro atoms. The van der Waals surface area contributed by atoms with Crippen LogP contribution in [-0.4, -0.2) is 24.2 Å². The number of aromatic nitrogens is 2. The minimum absolute atomic E-state index is 0.489. The van der Waals surface area contributed by atoms with Crippen molar-refractivity contribution in [2.45, 2.75) is 12.2 Å². The number of hydrogen-bond donors (Lipinski definition) is 0. The second-order valence-corrected chi connectivity index (χ2v) is 6.68. The normalized spacial score (nSPS) is 13.4. The maximum Gasteiger partial charge on any atom is 0.157 e. The van der Waals surface area contributed by atoms with E-state index in [0.717, 1.165) is 5.52 Å². The summed E-state index contributed by atoms with van der Waals surface area (Å²) >= 11 is 0. The molecule has 0 saturated heterocycles. The fraction of sp³-hybridized carbons (Fsp3) is 0.333. The molecule has 5 nitrogen and oxygen atoms in total. The van der Waals surface area contributed by atoms with Crippen LogP contribution in [0.25, 0.3) is 11.0 Å². The van der Waals surface area contributed by atoms with E-state index in [-0.39, 0.29) is 0 Å². The molecule has 0 aliphatic rings. The summed E-state index contributed by atoms with van der Waals surface area (Å²) in [6, 6.07) is 7.16. The van der Waals surface area contributed by atoms with Gasteiger partial charge in [-0.1, -0.05) is 0 Å². The van der Waals surface area contributed by atoms with Gasteiger partial charge in [0.25, 0.3) is 0 Å². The third-order valence-electron chi connectivity index (χ3n) is 3.05. The highest BCUT2D eigenvalue weighted by atomic mass is 32.2. The van der Waals surface area contributed by atoms with E-state index < -0.39 is 15.1 Å². The highest BCUT2D eigenvalue weighted by molar-refractivity contribution is 7.90. The molecule has 18 heavy (non-hydrogen) atoms. The van der Waals surface area contributed by atoms with Gasteiger partial charge < -0.3 is 4.57 Å². The summed E-state index contributed by atoms with van der Waals surface area (Å²) in [7, 11) is -1.43. The Balaban J connectivity index is 2.69. The highest BCUT2D eigenvalue weighted by Gasteiger charge is 2.23. The molecule has 1 aromatic carbocycles. The molecule has 1 unspecified atom stereocenters. The Kier molecular flexibility index (Phi) is 2.87. The molecule has 1 heterocycles. The van der Waals surface area contributed by atoms with Gasteiger partial charge >= 0.3 is 0 Å². The van der Waals surface area contributed by atoms with Crippen LogP contribution in [0.1, 0.15) is 23.6 Å². The summed E-state index contributed by atoms with van der Waals surface area (Å²) in [4.78, 5) is 4.33. The molecule has 0 bridgehead atoms. The Morgan fingerprint density at radius 3 is 2.67 bits per heavy atom. The second kappa shape index (κ2) is 4.10. The zero-order valence-corrected chi connectivity index (χ0v) is 11.2. The van der Waals surface area contributed by atoms with Crippen molar-refractivity contribution in [3.8, 4) is 6.07 Å². The lowest BCUT2D eigenvalue weighted by Crippen LogP contribution is -2.12. The van der Waals surface area contributed by atoms with Crippen molar-refractivity contribution in [1.82, 2.24) is 9.55 Å². The van der Waals surface area contributed by atoms with E-state index in [2.05, 4.69) is 11.1 Å². The summed E-state index contributed by atoms with van der Waals surface area (Å²) in [5, 5.41) is 8.19. The van der Waals surface area contributed by atoms with Crippen LogP contribution < -0.4 is 0 Å². The van der Waals surface area contributed by atoms with Gasteiger partial charge in [0, 0.05) is 13.3 Å². The first-order chi connectivity index (χ1) is 8.34. The standard InChI is InChI=1S/C12H13N3O2S/c1-8(18(3,16)17)12-14-10-5-4-9(7-13)6-11(10)15(12)2/h4-6,8H,1-3H3. The van der Waals surface area contributed by atoms with Crippen LogP contribution in [0.2, 0.25) is 0 Å². The molecular formula is C12H13N3O2S. The van der Waals surface area contributed by atoms with Gasteiger partial charge in [-0.3, -0.25) is 0 Å². The molecule has 0 aliphatic heterocycles. The predicted molar refractivity (Wildman–Crippen MR) is 68.7 cm³/mol. The van der Waals surface area contributed by atoms with Gasteiger partial charge in [0.1, 0.15) is 11.1 Å². The molecular weight excluding hydrogens is 250 g/mol. The molecule has 0 aliphatic carbocycles. The van der Waals surface area contributed by atoms with E-state index in [1.54, 1.807) is 36.7 Å². The van der Waals surface area contributed by atoms with E-state index in [1.807, 2.05) is 0 Å². The fourth-order valence-electron chi connectivity index (χ4n) is 1.83. The topological polar surface area (TPSA) is 75.8 Å². The van der Waals surface area contributed by atoms with Crippen LogP contribution in [0.15, 0.2) is 18.2 Å². The number of nitrogens with zero attached hydrogens (tertiary/aromatic N) is 3. The molecule has 1 aromatic heterocycles. The van der Waals surface area contributed by atoms with Crippen LogP contribution >= 0.6 is 0 Å². The summed E-state index contributed by atoms with van der Waals surface area (Å²) < 4.78 is 24.9. The summed E-state index contributed by atoms with van der Waals surface area (Å²) in [6.07, 6.45) is 1.19. The SMILES string of the molecule is CC(c1nc2ccc(C#N)cc2n1C)S(C)(=O)=O. The van der Waals surface area contributed by atoms with Crippen molar-refractivity contribution in [2.75, 3.05) is 6.26 Å². The number of nitriles is 1. The van der Waals surface area contributed by atoms with E-state index in [4.69, 9.17) is 5.26 Å². The van der Waals surface area contributed by atoms with Crippen molar-refractivity contribution < 1.29 is 8.42 Å². The van der Waals surface area contributed by atoms with Crippen LogP contribution in [0.5, 0.6) is 0 Å². The number of hydrogen-bond acceptors (Lipinski definition) is 4. The molecule has 0 radical (unpaired) electrons. The number of sulfone groups is 1. The maximum absolute atomic E-state index is 11.6. The first kappa shape index (κ1) is 12.6. The van der Waals surface area contributed by atoms with E-state index in [0.29, 0.717) is 16.9 Å². The average Bonchev–Trinajstić information content (AvgIpc) is 2.64. The summed E-state index contributed by atoms with van der Waals surface area (Å²) in [5.41, 5.74) is 1.99. The van der Waals surface area contributed by atoms with E-state index >= 15 is 0 Å². The van der Waals surface area contributed by atoms with Crippen LogP contribution in [0.3, 0.4) is 0 Å². The van der Waals surface area contributed by atoms with Gasteiger partial charge in [0.05, 0.1) is 22.7 Å². The number of rotatable bonds is 2. The fourth-order valence-corrected chi connectivity index (χ4v) is 2.43. The summed E-state index contributed by atoms with van der Waals surface area (Å²) in [6.45, 7) is 1.61. The zero-order chi connectivity index (χ0) is 13.5. The number of fused-ring (bicyclic) bond motifs is 1. The van der Waals surface area contributed by atoms with Crippen LogP contribution in [0.4, 0.5) is 0 Å². The zero-order valence-electron chi connectivity index (χ0n) is 10.4. The monoisotopic (exact) mass is 263 g/mol. The number of benzene rings is 1.